The van der Waals surface area contributed by atoms with E-state index in [9.17, 15) is 0 Å². The molecular weight excluding hydrogens is 288 g/mol. The Balaban J connectivity index is 1.98. The summed E-state index contributed by atoms with van der Waals surface area (Å²) >= 11 is 3.55. The fourth-order valence-corrected chi connectivity index (χ4v) is 3.93. The summed E-state index contributed by atoms with van der Waals surface area (Å²) in [5.74, 6) is 2.57. The number of rotatable bonds is 5. The van der Waals surface area contributed by atoms with Gasteiger partial charge in [0.25, 0.3) is 0 Å². The third-order valence-corrected chi connectivity index (χ3v) is 5.22. The maximum Gasteiger partial charge on any atom is 0.155 e. The first-order chi connectivity index (χ1) is 9.79. The molecule has 0 amide bonds. The molecule has 3 N–H and O–H groups in total. The summed E-state index contributed by atoms with van der Waals surface area (Å²) in [5.41, 5.74) is 9.07. The summed E-state index contributed by atoms with van der Waals surface area (Å²) in [5, 5.41) is 8.14. The molecule has 0 fully saturated rings. The van der Waals surface area contributed by atoms with E-state index in [-0.39, 0.29) is 0 Å². The Labute approximate surface area is 125 Å². The van der Waals surface area contributed by atoms with Crippen molar-refractivity contribution in [2.45, 2.75) is 19.1 Å². The van der Waals surface area contributed by atoms with Crippen LogP contribution in [0.25, 0.3) is 20.8 Å². The number of thiazole rings is 1. The highest BCUT2D eigenvalue weighted by Crippen LogP contribution is 2.35. The number of aromatic nitrogens is 3. The van der Waals surface area contributed by atoms with E-state index in [2.05, 4.69) is 28.2 Å². The van der Waals surface area contributed by atoms with Gasteiger partial charge in [0.1, 0.15) is 5.01 Å². The van der Waals surface area contributed by atoms with Crippen molar-refractivity contribution in [3.63, 3.8) is 0 Å². The first-order valence-electron chi connectivity index (χ1n) is 6.56. The van der Waals surface area contributed by atoms with E-state index in [1.54, 1.807) is 11.3 Å². The summed E-state index contributed by atoms with van der Waals surface area (Å²) in [6.45, 7) is 2.18. The minimum Gasteiger partial charge on any atom is -0.382 e. The van der Waals surface area contributed by atoms with Crippen LogP contribution in [0.2, 0.25) is 0 Å². The molecule has 0 unspecified atom stereocenters. The number of hydrogen-bond acceptors (Lipinski definition) is 5. The van der Waals surface area contributed by atoms with Gasteiger partial charge in [-0.1, -0.05) is 19.1 Å². The molecule has 2 heterocycles. The number of nitrogens with two attached hydrogens (primary N) is 1. The highest BCUT2D eigenvalue weighted by atomic mass is 32.2. The Hall–Kier alpha value is -1.53. The van der Waals surface area contributed by atoms with Crippen molar-refractivity contribution in [1.82, 2.24) is 15.2 Å². The molecule has 20 heavy (non-hydrogen) atoms. The van der Waals surface area contributed by atoms with Crippen molar-refractivity contribution in [3.8, 4) is 10.6 Å². The number of nitrogens with one attached hydrogen (secondary N) is 1. The van der Waals surface area contributed by atoms with Gasteiger partial charge in [0.05, 0.1) is 21.5 Å². The van der Waals surface area contributed by atoms with Gasteiger partial charge in [-0.25, -0.2) is 4.98 Å². The number of aromatic amines is 1. The number of H-pyrrole nitrogens is 1. The summed E-state index contributed by atoms with van der Waals surface area (Å²) in [6, 6.07) is 8.14. The number of anilines is 1. The van der Waals surface area contributed by atoms with Crippen LogP contribution in [0.15, 0.2) is 24.3 Å². The van der Waals surface area contributed by atoms with E-state index in [4.69, 9.17) is 5.73 Å². The maximum absolute atomic E-state index is 6.01. The number of thioether (sulfide) groups is 1. The van der Waals surface area contributed by atoms with E-state index in [0.29, 0.717) is 5.82 Å². The highest BCUT2D eigenvalue weighted by molar-refractivity contribution is 7.98. The molecule has 104 valence electrons. The van der Waals surface area contributed by atoms with Crippen LogP contribution in [0, 0.1) is 0 Å². The summed E-state index contributed by atoms with van der Waals surface area (Å²) < 4.78 is 1.18. The van der Waals surface area contributed by atoms with Crippen molar-refractivity contribution in [2.75, 3.05) is 11.5 Å². The second-order valence-electron chi connectivity index (χ2n) is 4.50. The molecule has 0 radical (unpaired) electrons. The lowest BCUT2D eigenvalue weighted by Crippen LogP contribution is -1.90. The number of benzene rings is 1. The monoisotopic (exact) mass is 304 g/mol. The van der Waals surface area contributed by atoms with Gasteiger partial charge in [0.15, 0.2) is 5.82 Å². The molecule has 1 aromatic carbocycles. The summed E-state index contributed by atoms with van der Waals surface area (Å²) in [6.07, 6.45) is 1.17. The minimum atomic E-state index is 0.538. The quantitative estimate of drug-likeness (QED) is 0.701. The van der Waals surface area contributed by atoms with Gasteiger partial charge < -0.3 is 5.73 Å². The lowest BCUT2D eigenvalue weighted by atomic mass is 10.2. The van der Waals surface area contributed by atoms with Gasteiger partial charge >= 0.3 is 0 Å². The fraction of sp³-hybridized carbons (Fsp3) is 0.286. The first-order valence-corrected chi connectivity index (χ1v) is 8.53. The van der Waals surface area contributed by atoms with E-state index < -0.39 is 0 Å². The van der Waals surface area contributed by atoms with Gasteiger partial charge in [0, 0.05) is 5.75 Å². The average molecular weight is 304 g/mol. The molecule has 0 aliphatic rings. The van der Waals surface area contributed by atoms with Crippen LogP contribution in [0.3, 0.4) is 0 Å². The molecule has 6 heteroatoms. The molecular formula is C14H16N4S2. The summed E-state index contributed by atoms with van der Waals surface area (Å²) in [7, 11) is 0. The summed E-state index contributed by atoms with van der Waals surface area (Å²) in [4.78, 5) is 4.67. The zero-order valence-corrected chi connectivity index (χ0v) is 12.9. The third-order valence-electron chi connectivity index (χ3n) is 2.97. The predicted octanol–water partition coefficient (Wildman–Crippen LogP) is 3.91. The Morgan fingerprint density at radius 1 is 1.35 bits per heavy atom. The SMILES string of the molecule is CCCSCc1[nH]nc(N)c1-c1nc2ccccc2s1. The van der Waals surface area contributed by atoms with E-state index in [1.165, 1.54) is 11.1 Å². The highest BCUT2D eigenvalue weighted by Gasteiger charge is 2.16. The lowest BCUT2D eigenvalue weighted by molar-refractivity contribution is 1.04. The number of hydrogen-bond donors (Lipinski definition) is 2. The molecule has 0 atom stereocenters. The Kier molecular flexibility index (Phi) is 3.93. The Bertz CT molecular complexity index is 684. The van der Waals surface area contributed by atoms with Crippen molar-refractivity contribution in [1.29, 1.82) is 0 Å². The van der Waals surface area contributed by atoms with E-state index in [1.807, 2.05) is 30.0 Å². The van der Waals surface area contributed by atoms with Gasteiger partial charge in [-0.15, -0.1) is 11.3 Å². The molecule has 0 spiro atoms. The van der Waals surface area contributed by atoms with Gasteiger partial charge in [0.2, 0.25) is 0 Å². The lowest BCUT2D eigenvalue weighted by Gasteiger charge is -2.00. The maximum atomic E-state index is 6.01. The van der Waals surface area contributed by atoms with Crippen molar-refractivity contribution >= 4 is 39.1 Å². The van der Waals surface area contributed by atoms with E-state index >= 15 is 0 Å². The number of para-hydroxylation sites is 1. The zero-order valence-electron chi connectivity index (χ0n) is 11.2. The smallest absolute Gasteiger partial charge is 0.155 e. The van der Waals surface area contributed by atoms with Crippen LogP contribution in [-0.4, -0.2) is 20.9 Å². The van der Waals surface area contributed by atoms with Gasteiger partial charge in [-0.3, -0.25) is 5.10 Å². The standard InChI is InChI=1S/C14H16N4S2/c1-2-7-19-8-10-12(13(15)18-17-10)14-16-9-5-3-4-6-11(9)20-14/h3-6H,2,7-8H2,1H3,(H3,15,17,18). The minimum absolute atomic E-state index is 0.538. The molecule has 2 aromatic heterocycles. The van der Waals surface area contributed by atoms with E-state index in [0.717, 1.165) is 33.3 Å². The molecule has 0 saturated carbocycles. The van der Waals surface area contributed by atoms with Crippen LogP contribution in [0.4, 0.5) is 5.82 Å². The molecule has 0 saturated heterocycles. The van der Waals surface area contributed by atoms with Crippen LogP contribution < -0.4 is 5.73 Å². The number of nitrogens with zero attached hydrogens (tertiary/aromatic N) is 2. The van der Waals surface area contributed by atoms with Crippen molar-refractivity contribution < 1.29 is 0 Å². The number of fused-ring (bicyclic) bond motifs is 1. The van der Waals surface area contributed by atoms with Gasteiger partial charge in [-0.05, 0) is 24.3 Å². The van der Waals surface area contributed by atoms with Crippen LogP contribution in [-0.2, 0) is 5.75 Å². The Morgan fingerprint density at radius 2 is 2.20 bits per heavy atom. The van der Waals surface area contributed by atoms with Crippen LogP contribution in [0.1, 0.15) is 19.0 Å². The largest absolute Gasteiger partial charge is 0.382 e. The predicted molar refractivity (Wildman–Crippen MR) is 88.1 cm³/mol. The molecule has 0 aliphatic heterocycles. The third kappa shape index (κ3) is 2.53. The van der Waals surface area contributed by atoms with Crippen LogP contribution >= 0.6 is 23.1 Å². The second kappa shape index (κ2) is 5.85. The topological polar surface area (TPSA) is 67.6 Å². The molecule has 4 nitrogen and oxygen atoms in total. The van der Waals surface area contributed by atoms with Gasteiger partial charge in [-0.2, -0.15) is 16.9 Å². The molecule has 0 aliphatic carbocycles. The zero-order chi connectivity index (χ0) is 13.9. The first kappa shape index (κ1) is 13.5. The van der Waals surface area contributed by atoms with Crippen molar-refractivity contribution in [2.24, 2.45) is 0 Å². The molecule has 3 rings (SSSR count). The normalized spacial score (nSPS) is 11.2. The van der Waals surface area contributed by atoms with Crippen molar-refractivity contribution in [3.05, 3.63) is 30.0 Å². The molecule has 0 bridgehead atoms. The fourth-order valence-electron chi connectivity index (χ4n) is 2.03. The second-order valence-corrected chi connectivity index (χ2v) is 6.64. The molecule has 3 aromatic rings. The average Bonchev–Trinajstić information content (AvgIpc) is 3.02. The Morgan fingerprint density at radius 3 is 3.00 bits per heavy atom. The number of nitrogen functional groups attached to an aromatic ring is 1. The van der Waals surface area contributed by atoms with Crippen LogP contribution in [0.5, 0.6) is 0 Å².